The van der Waals surface area contributed by atoms with E-state index in [9.17, 15) is 13.2 Å². The van der Waals surface area contributed by atoms with Crippen LogP contribution in [0.2, 0.25) is 0 Å². The van der Waals surface area contributed by atoms with E-state index in [1.54, 1.807) is 24.5 Å². The molecule has 1 fully saturated rings. The topological polar surface area (TPSA) is 118 Å². The predicted molar refractivity (Wildman–Crippen MR) is 114 cm³/mol. The highest BCUT2D eigenvalue weighted by Gasteiger charge is 2.32. The maximum atomic E-state index is 13.1. The number of hydrogen-bond acceptors (Lipinski definition) is 7. The molecule has 10 heteroatoms. The monoisotopic (exact) mass is 441 g/mol. The summed E-state index contributed by atoms with van der Waals surface area (Å²) < 4.78 is 32.8. The normalized spacial score (nSPS) is 17.4. The molecule has 4 rings (SSSR count). The fraction of sp³-hybridized carbons (Fsp3) is 0.333. The van der Waals surface area contributed by atoms with Crippen LogP contribution in [-0.4, -0.2) is 52.9 Å². The van der Waals surface area contributed by atoms with Gasteiger partial charge in [0.2, 0.25) is 10.0 Å². The summed E-state index contributed by atoms with van der Waals surface area (Å²) in [5.41, 5.74) is 1.46. The summed E-state index contributed by atoms with van der Waals surface area (Å²) in [5.74, 6) is 0.723. The largest absolute Gasteiger partial charge is 0.497 e. The minimum absolute atomic E-state index is 0.193. The number of ether oxygens (including phenoxy) is 1. The molecule has 1 aliphatic rings. The van der Waals surface area contributed by atoms with Gasteiger partial charge < -0.3 is 9.72 Å². The number of nitrogens with zero attached hydrogens (tertiary/aromatic N) is 4. The Morgan fingerprint density at radius 1 is 1.16 bits per heavy atom. The number of hydrogen-bond donors (Lipinski definition) is 1. The lowest BCUT2D eigenvalue weighted by Crippen LogP contribution is -2.39. The molecule has 3 aromatic rings. The average molecular weight is 442 g/mol. The quantitative estimate of drug-likeness (QED) is 0.644. The molecular weight excluding hydrogens is 418 g/mol. The highest BCUT2D eigenvalue weighted by molar-refractivity contribution is 7.89. The predicted octanol–water partition coefficient (Wildman–Crippen LogP) is 2.11. The molecule has 0 radical (unpaired) electrons. The van der Waals surface area contributed by atoms with E-state index in [1.165, 1.54) is 29.6 Å². The Labute approximate surface area is 180 Å². The first-order valence-electron chi connectivity index (χ1n) is 9.91. The third kappa shape index (κ3) is 4.49. The van der Waals surface area contributed by atoms with E-state index in [1.807, 2.05) is 6.92 Å². The van der Waals surface area contributed by atoms with Gasteiger partial charge >= 0.3 is 0 Å². The lowest BCUT2D eigenvalue weighted by atomic mass is 9.96. The van der Waals surface area contributed by atoms with Gasteiger partial charge in [0.05, 0.1) is 29.6 Å². The minimum atomic E-state index is -3.66. The van der Waals surface area contributed by atoms with Crippen molar-refractivity contribution in [2.45, 2.75) is 30.6 Å². The highest BCUT2D eigenvalue weighted by Crippen LogP contribution is 2.30. The van der Waals surface area contributed by atoms with Crippen LogP contribution in [0.25, 0.3) is 11.5 Å². The number of aromatic amines is 1. The number of piperidine rings is 1. The van der Waals surface area contributed by atoms with Crippen molar-refractivity contribution in [1.29, 1.82) is 0 Å². The minimum Gasteiger partial charge on any atom is -0.497 e. The third-order valence-electron chi connectivity index (χ3n) is 5.28. The van der Waals surface area contributed by atoms with Crippen LogP contribution in [-0.2, 0) is 10.0 Å². The van der Waals surface area contributed by atoms with Crippen molar-refractivity contribution in [3.63, 3.8) is 0 Å². The first-order chi connectivity index (χ1) is 14.9. The number of sulfonamides is 1. The molecule has 9 nitrogen and oxygen atoms in total. The molecule has 162 valence electrons. The molecule has 2 aromatic heterocycles. The van der Waals surface area contributed by atoms with Gasteiger partial charge in [0, 0.05) is 31.3 Å². The molecule has 0 bridgehead atoms. The first kappa shape index (κ1) is 21.1. The number of methoxy groups -OCH3 is 1. The molecule has 0 saturated carbocycles. The van der Waals surface area contributed by atoms with Crippen LogP contribution < -0.4 is 10.3 Å². The molecule has 0 unspecified atom stereocenters. The number of H-pyrrole nitrogens is 1. The Morgan fingerprint density at radius 3 is 2.61 bits per heavy atom. The molecule has 1 aromatic carbocycles. The van der Waals surface area contributed by atoms with Crippen molar-refractivity contribution in [2.75, 3.05) is 20.2 Å². The van der Waals surface area contributed by atoms with E-state index in [0.717, 1.165) is 12.1 Å². The van der Waals surface area contributed by atoms with Gasteiger partial charge in [-0.3, -0.25) is 9.78 Å². The number of aryl methyl sites for hydroxylation is 1. The summed E-state index contributed by atoms with van der Waals surface area (Å²) in [6.45, 7) is 2.50. The molecule has 1 atom stereocenters. The van der Waals surface area contributed by atoms with Crippen molar-refractivity contribution < 1.29 is 13.2 Å². The number of aromatic nitrogens is 4. The maximum absolute atomic E-state index is 13.1. The Kier molecular flexibility index (Phi) is 5.84. The van der Waals surface area contributed by atoms with Gasteiger partial charge in [0.25, 0.3) is 5.56 Å². The molecule has 1 N–H and O–H groups in total. The Bertz CT molecular complexity index is 1220. The van der Waals surface area contributed by atoms with E-state index in [4.69, 9.17) is 4.74 Å². The van der Waals surface area contributed by atoms with Gasteiger partial charge in [0.1, 0.15) is 11.4 Å². The van der Waals surface area contributed by atoms with Crippen molar-refractivity contribution >= 4 is 10.0 Å². The van der Waals surface area contributed by atoms with Crippen LogP contribution in [0.15, 0.2) is 52.4 Å². The van der Waals surface area contributed by atoms with Crippen LogP contribution in [0.1, 0.15) is 30.1 Å². The number of rotatable bonds is 5. The zero-order chi connectivity index (χ0) is 22.0. The average Bonchev–Trinajstić information content (AvgIpc) is 2.79. The fourth-order valence-electron chi connectivity index (χ4n) is 3.62. The Hall–Kier alpha value is -3.11. The summed E-state index contributed by atoms with van der Waals surface area (Å²) in [7, 11) is -2.13. The summed E-state index contributed by atoms with van der Waals surface area (Å²) in [6, 6.07) is 7.76. The molecule has 0 spiro atoms. The fourth-order valence-corrected chi connectivity index (χ4v) is 5.14. The molecule has 1 saturated heterocycles. The summed E-state index contributed by atoms with van der Waals surface area (Å²) in [6.07, 6.45) is 4.57. The second-order valence-electron chi connectivity index (χ2n) is 7.44. The Balaban J connectivity index is 1.61. The van der Waals surface area contributed by atoms with Crippen molar-refractivity contribution in [3.8, 4) is 17.3 Å². The van der Waals surface area contributed by atoms with Gasteiger partial charge in [-0.1, -0.05) is 0 Å². The second kappa shape index (κ2) is 8.56. The third-order valence-corrected chi connectivity index (χ3v) is 7.16. The van der Waals surface area contributed by atoms with E-state index in [-0.39, 0.29) is 22.9 Å². The highest BCUT2D eigenvalue weighted by atomic mass is 32.2. The van der Waals surface area contributed by atoms with Crippen molar-refractivity contribution in [2.24, 2.45) is 0 Å². The van der Waals surface area contributed by atoms with Crippen LogP contribution in [0.4, 0.5) is 0 Å². The lowest BCUT2D eigenvalue weighted by molar-refractivity contribution is 0.312. The molecule has 31 heavy (non-hydrogen) atoms. The SMILES string of the molecule is COc1ccc(S(=O)(=O)N2CCC[C@H](c3cc(=O)[nH]c(-c4cnc(C)cn4)n3)C2)cc1. The van der Waals surface area contributed by atoms with Crippen LogP contribution in [0.5, 0.6) is 5.75 Å². The molecule has 0 amide bonds. The summed E-state index contributed by atoms with van der Waals surface area (Å²) in [5, 5.41) is 0. The van der Waals surface area contributed by atoms with E-state index in [0.29, 0.717) is 35.9 Å². The van der Waals surface area contributed by atoms with Gasteiger partial charge in [0.15, 0.2) is 5.82 Å². The van der Waals surface area contributed by atoms with Gasteiger partial charge in [-0.05, 0) is 44.0 Å². The number of nitrogens with one attached hydrogen (secondary N) is 1. The standard InChI is InChI=1S/C21H23N5O4S/c1-14-11-23-19(12-22-14)21-24-18(10-20(27)25-21)15-4-3-9-26(13-15)31(28,29)17-7-5-16(30-2)6-8-17/h5-8,10-12,15H,3-4,9,13H2,1-2H3,(H,24,25,27)/t15-/m0/s1. The van der Waals surface area contributed by atoms with Crippen LogP contribution in [0, 0.1) is 6.92 Å². The molecular formula is C21H23N5O4S. The van der Waals surface area contributed by atoms with E-state index in [2.05, 4.69) is 19.9 Å². The van der Waals surface area contributed by atoms with E-state index >= 15 is 0 Å². The zero-order valence-corrected chi connectivity index (χ0v) is 18.1. The zero-order valence-electron chi connectivity index (χ0n) is 17.3. The number of benzene rings is 1. The molecule has 1 aliphatic heterocycles. The smallest absolute Gasteiger partial charge is 0.251 e. The van der Waals surface area contributed by atoms with Gasteiger partial charge in [-0.25, -0.2) is 18.4 Å². The first-order valence-corrected chi connectivity index (χ1v) is 11.4. The van der Waals surface area contributed by atoms with Crippen molar-refractivity contribution in [1.82, 2.24) is 24.2 Å². The van der Waals surface area contributed by atoms with Gasteiger partial charge in [-0.15, -0.1) is 0 Å². The van der Waals surface area contributed by atoms with Crippen LogP contribution in [0.3, 0.4) is 0 Å². The van der Waals surface area contributed by atoms with Crippen LogP contribution >= 0.6 is 0 Å². The second-order valence-corrected chi connectivity index (χ2v) is 9.38. The lowest BCUT2D eigenvalue weighted by Gasteiger charge is -2.31. The maximum Gasteiger partial charge on any atom is 0.251 e. The van der Waals surface area contributed by atoms with Crippen molar-refractivity contribution in [3.05, 3.63) is 64.5 Å². The van der Waals surface area contributed by atoms with Gasteiger partial charge in [-0.2, -0.15) is 4.31 Å². The molecule has 0 aliphatic carbocycles. The van der Waals surface area contributed by atoms with E-state index < -0.39 is 10.0 Å². The summed E-state index contributed by atoms with van der Waals surface area (Å²) >= 11 is 0. The summed E-state index contributed by atoms with van der Waals surface area (Å²) in [4.78, 5) is 28.2. The Morgan fingerprint density at radius 2 is 1.94 bits per heavy atom. The molecule has 3 heterocycles.